The van der Waals surface area contributed by atoms with Crippen molar-refractivity contribution in [1.82, 2.24) is 14.5 Å². The van der Waals surface area contributed by atoms with Gasteiger partial charge in [0.05, 0.1) is 9.77 Å². The summed E-state index contributed by atoms with van der Waals surface area (Å²) in [5, 5.41) is 16.4. The maximum atomic E-state index is 13.4. The van der Waals surface area contributed by atoms with Crippen LogP contribution in [0.2, 0.25) is 0 Å². The normalized spacial score (nSPS) is 23.3. The summed E-state index contributed by atoms with van der Waals surface area (Å²) in [7, 11) is -3.81. The molecule has 2 atom stereocenters. The number of alkyl halides is 1. The number of nitrogens with one attached hydrogen (secondary N) is 1. The van der Waals surface area contributed by atoms with Crippen LogP contribution in [0, 0.1) is 13.8 Å². The standard InChI is InChI=1S/C13H16FN3O3S2/c1-7-3-10(16-15-7)12-4-13(8(2)21-12)22(19,20)17-5-9(14)11(18)6-17/h3-4,9,11,18H,5-6H2,1-2H3,(H,15,16)/t9-,11-/m0/s1. The first-order chi connectivity index (χ1) is 10.3. The van der Waals surface area contributed by atoms with Gasteiger partial charge >= 0.3 is 0 Å². The largest absolute Gasteiger partial charge is 0.389 e. The van der Waals surface area contributed by atoms with E-state index in [1.54, 1.807) is 13.0 Å². The number of hydrogen-bond donors (Lipinski definition) is 2. The van der Waals surface area contributed by atoms with Crippen molar-refractivity contribution in [3.8, 4) is 10.6 Å². The zero-order chi connectivity index (χ0) is 16.1. The molecule has 1 aliphatic heterocycles. The lowest BCUT2D eigenvalue weighted by Gasteiger charge is -2.14. The highest BCUT2D eigenvalue weighted by atomic mass is 32.2. The SMILES string of the molecule is Cc1cc(-c2cc(S(=O)(=O)N3C[C@H](O)[C@@H](F)C3)c(C)s2)n[nH]1. The minimum Gasteiger partial charge on any atom is -0.389 e. The predicted octanol–water partition coefficient (Wildman–Crippen LogP) is 1.46. The molecule has 2 aromatic rings. The van der Waals surface area contributed by atoms with Crippen molar-refractivity contribution in [1.29, 1.82) is 0 Å². The van der Waals surface area contributed by atoms with Crippen molar-refractivity contribution >= 4 is 21.4 Å². The molecule has 1 fully saturated rings. The lowest BCUT2D eigenvalue weighted by Crippen LogP contribution is -2.29. The van der Waals surface area contributed by atoms with Crippen molar-refractivity contribution in [2.24, 2.45) is 0 Å². The van der Waals surface area contributed by atoms with E-state index in [2.05, 4.69) is 10.2 Å². The van der Waals surface area contributed by atoms with E-state index in [0.717, 1.165) is 14.9 Å². The van der Waals surface area contributed by atoms with Crippen molar-refractivity contribution in [2.75, 3.05) is 13.1 Å². The molecule has 3 heterocycles. The van der Waals surface area contributed by atoms with Gasteiger partial charge in [-0.15, -0.1) is 11.3 Å². The zero-order valence-corrected chi connectivity index (χ0v) is 13.7. The fraction of sp³-hybridized carbons (Fsp3) is 0.462. The number of thiophene rings is 1. The second-order valence-electron chi connectivity index (χ2n) is 5.37. The van der Waals surface area contributed by atoms with Crippen LogP contribution in [0.5, 0.6) is 0 Å². The quantitative estimate of drug-likeness (QED) is 0.882. The van der Waals surface area contributed by atoms with Crippen LogP contribution in [0.15, 0.2) is 17.0 Å². The minimum atomic E-state index is -3.81. The summed E-state index contributed by atoms with van der Waals surface area (Å²) in [5.74, 6) is 0. The summed E-state index contributed by atoms with van der Waals surface area (Å²) >= 11 is 1.32. The molecule has 0 unspecified atom stereocenters. The molecule has 0 radical (unpaired) electrons. The fourth-order valence-electron chi connectivity index (χ4n) is 2.44. The summed E-state index contributed by atoms with van der Waals surface area (Å²) < 4.78 is 39.7. The Labute approximate surface area is 131 Å². The highest BCUT2D eigenvalue weighted by Crippen LogP contribution is 2.35. The van der Waals surface area contributed by atoms with Crippen LogP contribution in [0.1, 0.15) is 10.6 Å². The first kappa shape index (κ1) is 15.6. The van der Waals surface area contributed by atoms with Gasteiger partial charge in [-0.2, -0.15) is 9.40 Å². The van der Waals surface area contributed by atoms with Gasteiger partial charge in [0.25, 0.3) is 0 Å². The van der Waals surface area contributed by atoms with E-state index in [9.17, 15) is 17.9 Å². The number of hydrogen-bond acceptors (Lipinski definition) is 5. The van der Waals surface area contributed by atoms with E-state index in [1.165, 1.54) is 11.3 Å². The monoisotopic (exact) mass is 345 g/mol. The lowest BCUT2D eigenvalue weighted by molar-refractivity contribution is 0.117. The number of rotatable bonds is 3. The Morgan fingerprint density at radius 3 is 2.68 bits per heavy atom. The second-order valence-corrected chi connectivity index (χ2v) is 8.54. The third-order valence-corrected chi connectivity index (χ3v) is 6.79. The minimum absolute atomic E-state index is 0.148. The van der Waals surface area contributed by atoms with Gasteiger partial charge in [0.15, 0.2) is 0 Å². The lowest BCUT2D eigenvalue weighted by atomic mass is 10.3. The number of nitrogens with zero attached hydrogens (tertiary/aromatic N) is 2. The number of aliphatic hydroxyl groups is 1. The molecule has 0 aromatic carbocycles. The zero-order valence-electron chi connectivity index (χ0n) is 12.1. The molecular weight excluding hydrogens is 329 g/mol. The van der Waals surface area contributed by atoms with Crippen molar-refractivity contribution < 1.29 is 17.9 Å². The molecule has 6 nitrogen and oxygen atoms in total. The molecule has 120 valence electrons. The van der Waals surface area contributed by atoms with Gasteiger partial charge < -0.3 is 5.11 Å². The van der Waals surface area contributed by atoms with Crippen LogP contribution < -0.4 is 0 Å². The molecular formula is C13H16FN3O3S2. The first-order valence-corrected chi connectivity index (χ1v) is 9.00. The van der Waals surface area contributed by atoms with Gasteiger partial charge in [0.1, 0.15) is 18.0 Å². The highest BCUT2D eigenvalue weighted by molar-refractivity contribution is 7.89. The number of aromatic nitrogens is 2. The van der Waals surface area contributed by atoms with E-state index in [4.69, 9.17) is 0 Å². The van der Waals surface area contributed by atoms with E-state index in [0.29, 0.717) is 10.6 Å². The molecule has 9 heteroatoms. The van der Waals surface area contributed by atoms with E-state index in [-0.39, 0.29) is 18.0 Å². The topological polar surface area (TPSA) is 86.3 Å². The van der Waals surface area contributed by atoms with Gasteiger partial charge in [0, 0.05) is 23.7 Å². The molecule has 1 aliphatic rings. The molecule has 0 saturated carbocycles. The Morgan fingerprint density at radius 1 is 1.41 bits per heavy atom. The average Bonchev–Trinajstić information content (AvgIpc) is 3.11. The number of sulfonamides is 1. The summed E-state index contributed by atoms with van der Waals surface area (Å²) in [5.41, 5.74) is 1.56. The predicted molar refractivity (Wildman–Crippen MR) is 81.0 cm³/mol. The molecule has 0 bridgehead atoms. The Kier molecular flexibility index (Phi) is 3.84. The smallest absolute Gasteiger partial charge is 0.244 e. The van der Waals surface area contributed by atoms with Crippen molar-refractivity contribution in [2.45, 2.75) is 31.0 Å². The number of β-amino-alcohol motifs (C(OH)–C–C–N with tert-alkyl or cyclic N) is 1. The van der Waals surface area contributed by atoms with Gasteiger partial charge in [-0.1, -0.05) is 0 Å². The maximum absolute atomic E-state index is 13.4. The van der Waals surface area contributed by atoms with Crippen LogP contribution in [0.4, 0.5) is 4.39 Å². The van der Waals surface area contributed by atoms with Crippen molar-refractivity contribution in [3.05, 3.63) is 22.7 Å². The molecule has 0 spiro atoms. The van der Waals surface area contributed by atoms with Crippen LogP contribution in [-0.2, 0) is 10.0 Å². The molecule has 1 saturated heterocycles. The Morgan fingerprint density at radius 2 is 2.14 bits per heavy atom. The van der Waals surface area contributed by atoms with Gasteiger partial charge in [-0.05, 0) is 26.0 Å². The Bertz CT molecular complexity index is 789. The third-order valence-electron chi connectivity index (χ3n) is 3.63. The van der Waals surface area contributed by atoms with Crippen molar-refractivity contribution in [3.63, 3.8) is 0 Å². The number of aromatic amines is 1. The van der Waals surface area contributed by atoms with Gasteiger partial charge in [-0.25, -0.2) is 12.8 Å². The van der Waals surface area contributed by atoms with Crippen LogP contribution in [0.3, 0.4) is 0 Å². The van der Waals surface area contributed by atoms with E-state index in [1.807, 2.05) is 13.0 Å². The number of H-pyrrole nitrogens is 1. The van der Waals surface area contributed by atoms with E-state index < -0.39 is 22.3 Å². The molecule has 2 aromatic heterocycles. The summed E-state index contributed by atoms with van der Waals surface area (Å²) in [6, 6.07) is 3.39. The molecule has 0 aliphatic carbocycles. The molecule has 0 amide bonds. The van der Waals surface area contributed by atoms with Gasteiger partial charge in [0.2, 0.25) is 10.0 Å². The highest BCUT2D eigenvalue weighted by Gasteiger charge is 2.39. The third kappa shape index (κ3) is 2.58. The number of halogens is 1. The van der Waals surface area contributed by atoms with Crippen LogP contribution in [0.25, 0.3) is 10.6 Å². The average molecular weight is 345 g/mol. The summed E-state index contributed by atoms with van der Waals surface area (Å²) in [6.45, 7) is 3.05. The first-order valence-electron chi connectivity index (χ1n) is 6.74. The molecule has 22 heavy (non-hydrogen) atoms. The summed E-state index contributed by atoms with van der Waals surface area (Å²) in [6.07, 6.45) is -2.80. The maximum Gasteiger partial charge on any atom is 0.244 e. The summed E-state index contributed by atoms with van der Waals surface area (Å²) in [4.78, 5) is 1.50. The second kappa shape index (κ2) is 5.41. The number of aryl methyl sites for hydroxylation is 2. The Balaban J connectivity index is 1.96. The van der Waals surface area contributed by atoms with Gasteiger partial charge in [-0.3, -0.25) is 5.10 Å². The van der Waals surface area contributed by atoms with E-state index >= 15 is 0 Å². The van der Waals surface area contributed by atoms with Crippen LogP contribution in [-0.4, -0.2) is 53.4 Å². The molecule has 3 rings (SSSR count). The van der Waals surface area contributed by atoms with Crippen LogP contribution >= 0.6 is 11.3 Å². The fourth-order valence-corrected chi connectivity index (χ4v) is 5.43. The molecule has 2 N–H and O–H groups in total. The Hall–Kier alpha value is -1.29. The number of aliphatic hydroxyl groups excluding tert-OH is 1.